The molecule has 0 unspecified atom stereocenters. The van der Waals surface area contributed by atoms with Crippen LogP contribution in [-0.4, -0.2) is 57.9 Å². The third-order valence-corrected chi connectivity index (χ3v) is 15.4. The van der Waals surface area contributed by atoms with E-state index in [1.807, 2.05) is 39.9 Å². The first-order valence-electron chi connectivity index (χ1n) is 11.2. The summed E-state index contributed by atoms with van der Waals surface area (Å²) in [7, 11) is -4.35. The molecule has 0 aliphatic carbocycles. The summed E-state index contributed by atoms with van der Waals surface area (Å²) < 4.78 is 18.0. The summed E-state index contributed by atoms with van der Waals surface area (Å²) in [6.07, 6.45) is 3.09. The Bertz CT molecular complexity index is 696. The molecular formula is C23H45NO5Si2. The van der Waals surface area contributed by atoms with Crippen molar-refractivity contribution in [1.82, 2.24) is 4.90 Å². The van der Waals surface area contributed by atoms with Crippen LogP contribution in [-0.2, 0) is 18.4 Å². The molecule has 0 saturated carbocycles. The van der Waals surface area contributed by atoms with Crippen molar-refractivity contribution < 1.29 is 23.2 Å². The van der Waals surface area contributed by atoms with Gasteiger partial charge in [0.2, 0.25) is 0 Å². The second kappa shape index (κ2) is 9.02. The Morgan fingerprint density at radius 3 is 1.74 bits per heavy atom. The van der Waals surface area contributed by atoms with Crippen LogP contribution < -0.4 is 0 Å². The zero-order chi connectivity index (χ0) is 24.6. The van der Waals surface area contributed by atoms with Crippen LogP contribution in [0.1, 0.15) is 62.3 Å². The largest absolute Gasteiger partial charge is 0.517 e. The molecule has 2 atom stereocenters. The highest BCUT2D eigenvalue weighted by molar-refractivity contribution is 6.75. The van der Waals surface area contributed by atoms with Gasteiger partial charge in [0.1, 0.15) is 5.60 Å². The van der Waals surface area contributed by atoms with Gasteiger partial charge in [-0.05, 0) is 57.0 Å². The molecule has 1 heterocycles. The third-order valence-electron chi connectivity index (χ3n) is 6.60. The maximum atomic E-state index is 13.2. The molecule has 0 aromatic carbocycles. The van der Waals surface area contributed by atoms with Crippen LogP contribution in [0, 0.1) is 0 Å². The molecule has 0 radical (unpaired) electrons. The Morgan fingerprint density at radius 1 is 0.839 bits per heavy atom. The average Bonchev–Trinajstić information content (AvgIpc) is 2.92. The van der Waals surface area contributed by atoms with Crippen LogP contribution in [0.25, 0.3) is 0 Å². The fourth-order valence-corrected chi connectivity index (χ4v) is 4.44. The van der Waals surface area contributed by atoms with Crippen LogP contribution in [0.3, 0.4) is 0 Å². The zero-order valence-electron chi connectivity index (χ0n) is 22.0. The smallest absolute Gasteiger partial charge is 0.411 e. The number of carbonyl (C=O) groups is 2. The highest BCUT2D eigenvalue weighted by atomic mass is 28.4. The van der Waals surface area contributed by atoms with Gasteiger partial charge in [-0.15, -0.1) is 0 Å². The number of hydrogen-bond acceptors (Lipinski definition) is 5. The summed E-state index contributed by atoms with van der Waals surface area (Å²) in [4.78, 5) is 27.7. The van der Waals surface area contributed by atoms with Crippen molar-refractivity contribution in [2.24, 2.45) is 0 Å². The molecule has 0 aromatic rings. The van der Waals surface area contributed by atoms with Gasteiger partial charge in [-0.1, -0.05) is 53.7 Å². The number of amides is 1. The fraction of sp³-hybridized carbons (Fsp3) is 0.826. The van der Waals surface area contributed by atoms with Gasteiger partial charge in [0.25, 0.3) is 8.32 Å². The number of hydrogen-bond donors (Lipinski definition) is 0. The van der Waals surface area contributed by atoms with Crippen molar-refractivity contribution >= 4 is 28.7 Å². The van der Waals surface area contributed by atoms with Gasteiger partial charge in [0, 0.05) is 0 Å². The predicted molar refractivity (Wildman–Crippen MR) is 131 cm³/mol. The van der Waals surface area contributed by atoms with Gasteiger partial charge < -0.3 is 13.6 Å². The maximum absolute atomic E-state index is 13.2. The van der Waals surface area contributed by atoms with E-state index in [0.29, 0.717) is 6.61 Å². The molecule has 1 amide bonds. The van der Waals surface area contributed by atoms with Crippen molar-refractivity contribution in [3.63, 3.8) is 0 Å². The molecule has 1 aliphatic rings. The van der Waals surface area contributed by atoms with E-state index >= 15 is 0 Å². The summed E-state index contributed by atoms with van der Waals surface area (Å²) in [6.45, 7) is 27.0. The van der Waals surface area contributed by atoms with E-state index in [1.54, 1.807) is 6.08 Å². The minimum absolute atomic E-state index is 0.0483. The van der Waals surface area contributed by atoms with E-state index in [4.69, 9.17) is 13.6 Å². The van der Waals surface area contributed by atoms with E-state index in [9.17, 15) is 9.59 Å². The first-order chi connectivity index (χ1) is 13.6. The van der Waals surface area contributed by atoms with Gasteiger partial charge in [0.15, 0.2) is 14.4 Å². The van der Waals surface area contributed by atoms with E-state index in [0.717, 1.165) is 0 Å². The molecule has 1 rings (SSSR count). The summed E-state index contributed by atoms with van der Waals surface area (Å²) in [5.41, 5.74) is -0.668. The Hall–Kier alpha value is -1.13. The molecule has 31 heavy (non-hydrogen) atoms. The molecular weight excluding hydrogens is 426 g/mol. The van der Waals surface area contributed by atoms with Gasteiger partial charge in [-0.3, -0.25) is 9.69 Å². The topological polar surface area (TPSA) is 65.1 Å². The van der Waals surface area contributed by atoms with Crippen LogP contribution in [0.2, 0.25) is 36.3 Å². The monoisotopic (exact) mass is 471 g/mol. The molecule has 0 aromatic heterocycles. The molecule has 0 fully saturated rings. The van der Waals surface area contributed by atoms with Crippen molar-refractivity contribution in [2.75, 3.05) is 6.61 Å². The second-order valence-corrected chi connectivity index (χ2v) is 22.1. The highest BCUT2D eigenvalue weighted by Crippen LogP contribution is 2.38. The molecule has 1 aliphatic heterocycles. The summed E-state index contributed by atoms with van der Waals surface area (Å²) in [5, 5.41) is -0.0701. The summed E-state index contributed by atoms with van der Waals surface area (Å²) in [5.74, 6) is -0.400. The Balaban J connectivity index is 3.12. The van der Waals surface area contributed by atoms with Crippen LogP contribution >= 0.6 is 0 Å². The second-order valence-electron chi connectivity index (χ2n) is 12.5. The first kappa shape index (κ1) is 27.9. The van der Waals surface area contributed by atoms with E-state index < -0.39 is 40.3 Å². The molecule has 0 bridgehead atoms. The lowest BCUT2D eigenvalue weighted by molar-refractivity contribution is -0.139. The standard InChI is InChI=1S/C23H45NO5Si2/c1-21(2,3)28-20(26)24-17(16-27-30(10,11)22(4,5)6)14-15-18(24)19(25)29-31(12,13)23(7,8)9/h14-15,17-18H,16H2,1-13H3/t17-,18+/m1/s1. The van der Waals surface area contributed by atoms with Crippen molar-refractivity contribution in [3.05, 3.63) is 12.2 Å². The van der Waals surface area contributed by atoms with E-state index in [-0.39, 0.29) is 16.1 Å². The quantitative estimate of drug-likeness (QED) is 0.358. The lowest BCUT2D eigenvalue weighted by Crippen LogP contribution is -2.53. The zero-order valence-corrected chi connectivity index (χ0v) is 24.0. The van der Waals surface area contributed by atoms with E-state index in [1.165, 1.54) is 4.90 Å². The van der Waals surface area contributed by atoms with Crippen molar-refractivity contribution in [1.29, 1.82) is 0 Å². The predicted octanol–water partition coefficient (Wildman–Crippen LogP) is 6.10. The minimum atomic E-state index is -2.33. The van der Waals surface area contributed by atoms with Crippen LogP contribution in [0.5, 0.6) is 0 Å². The molecule has 0 saturated heterocycles. The summed E-state index contributed by atoms with van der Waals surface area (Å²) >= 11 is 0. The van der Waals surface area contributed by atoms with Gasteiger partial charge in [0.05, 0.1) is 12.6 Å². The van der Waals surface area contributed by atoms with Crippen LogP contribution in [0.4, 0.5) is 4.79 Å². The molecule has 8 heteroatoms. The van der Waals surface area contributed by atoms with Crippen molar-refractivity contribution in [2.45, 2.75) is 116 Å². The lowest BCUT2D eigenvalue weighted by Gasteiger charge is -2.39. The molecule has 0 spiro atoms. The third kappa shape index (κ3) is 7.18. The minimum Gasteiger partial charge on any atom is -0.517 e. The maximum Gasteiger partial charge on any atom is 0.411 e. The fourth-order valence-electron chi connectivity index (χ4n) is 2.49. The van der Waals surface area contributed by atoms with E-state index in [2.05, 4.69) is 54.6 Å². The van der Waals surface area contributed by atoms with Gasteiger partial charge >= 0.3 is 12.1 Å². The SMILES string of the molecule is CC(C)(C)OC(=O)N1[C@@H](CO[Si](C)(C)C(C)(C)C)C=C[C@H]1C(=O)O[Si](C)(C)C(C)(C)C. The normalized spacial score (nSPS) is 20.7. The number of rotatable bonds is 5. The first-order valence-corrected chi connectivity index (χ1v) is 17.0. The lowest BCUT2D eigenvalue weighted by atomic mass is 10.2. The Kier molecular flexibility index (Phi) is 8.12. The highest BCUT2D eigenvalue weighted by Gasteiger charge is 2.46. The molecule has 180 valence electrons. The number of ether oxygens (including phenoxy) is 1. The Labute approximate surface area is 192 Å². The number of nitrogens with zero attached hydrogens (tertiary/aromatic N) is 1. The molecule has 0 N–H and O–H groups in total. The average molecular weight is 472 g/mol. The summed E-state index contributed by atoms with van der Waals surface area (Å²) in [6, 6.07) is -1.18. The van der Waals surface area contributed by atoms with Crippen molar-refractivity contribution in [3.8, 4) is 0 Å². The Morgan fingerprint density at radius 2 is 1.32 bits per heavy atom. The van der Waals surface area contributed by atoms with Gasteiger partial charge in [-0.25, -0.2) is 4.79 Å². The molecule has 6 nitrogen and oxygen atoms in total. The number of carbonyl (C=O) groups excluding carboxylic acids is 2. The van der Waals surface area contributed by atoms with Gasteiger partial charge in [-0.2, -0.15) is 0 Å². The van der Waals surface area contributed by atoms with Crippen LogP contribution in [0.15, 0.2) is 12.2 Å².